The SMILES string of the molecule is NC1(COCc2cncc(Br)c2)CCCC1. The highest BCUT2D eigenvalue weighted by atomic mass is 79.9. The summed E-state index contributed by atoms with van der Waals surface area (Å²) in [6.07, 6.45) is 8.23. The van der Waals surface area contributed by atoms with Crippen molar-refractivity contribution in [3.8, 4) is 0 Å². The van der Waals surface area contributed by atoms with Gasteiger partial charge < -0.3 is 10.5 Å². The summed E-state index contributed by atoms with van der Waals surface area (Å²) in [5.74, 6) is 0. The van der Waals surface area contributed by atoms with Crippen molar-refractivity contribution in [1.82, 2.24) is 4.98 Å². The zero-order valence-corrected chi connectivity index (χ0v) is 10.9. The van der Waals surface area contributed by atoms with E-state index in [1.807, 2.05) is 12.3 Å². The number of hydrogen-bond donors (Lipinski definition) is 1. The maximum atomic E-state index is 6.20. The smallest absolute Gasteiger partial charge is 0.0733 e. The van der Waals surface area contributed by atoms with Gasteiger partial charge in [0.2, 0.25) is 0 Å². The molecule has 0 amide bonds. The van der Waals surface area contributed by atoms with Crippen LogP contribution in [0.4, 0.5) is 0 Å². The highest BCUT2D eigenvalue weighted by Gasteiger charge is 2.29. The molecule has 0 aliphatic heterocycles. The summed E-state index contributed by atoms with van der Waals surface area (Å²) in [6, 6.07) is 2.02. The molecule has 0 radical (unpaired) electrons. The largest absolute Gasteiger partial charge is 0.375 e. The maximum absolute atomic E-state index is 6.20. The molecule has 0 unspecified atom stereocenters. The number of pyridine rings is 1. The molecule has 4 heteroatoms. The lowest BCUT2D eigenvalue weighted by molar-refractivity contribution is 0.0749. The average Bonchev–Trinajstić information content (AvgIpc) is 2.65. The molecule has 0 spiro atoms. The third kappa shape index (κ3) is 3.27. The Morgan fingerprint density at radius 1 is 1.38 bits per heavy atom. The zero-order valence-electron chi connectivity index (χ0n) is 9.29. The van der Waals surface area contributed by atoms with Crippen LogP contribution in [-0.2, 0) is 11.3 Å². The summed E-state index contributed by atoms with van der Waals surface area (Å²) >= 11 is 3.39. The summed E-state index contributed by atoms with van der Waals surface area (Å²) in [7, 11) is 0. The van der Waals surface area contributed by atoms with Crippen LogP contribution in [0.5, 0.6) is 0 Å². The van der Waals surface area contributed by atoms with Gasteiger partial charge in [-0.3, -0.25) is 4.98 Å². The van der Waals surface area contributed by atoms with Crippen molar-refractivity contribution in [3.05, 3.63) is 28.5 Å². The Morgan fingerprint density at radius 3 is 2.81 bits per heavy atom. The molecule has 1 aromatic heterocycles. The molecule has 0 atom stereocenters. The number of hydrogen-bond acceptors (Lipinski definition) is 3. The number of ether oxygens (including phenoxy) is 1. The molecule has 88 valence electrons. The van der Waals surface area contributed by atoms with E-state index in [4.69, 9.17) is 10.5 Å². The van der Waals surface area contributed by atoms with Crippen LogP contribution in [-0.4, -0.2) is 17.1 Å². The summed E-state index contributed by atoms with van der Waals surface area (Å²) < 4.78 is 6.66. The maximum Gasteiger partial charge on any atom is 0.0733 e. The average molecular weight is 285 g/mol. The van der Waals surface area contributed by atoms with E-state index in [0.29, 0.717) is 13.2 Å². The van der Waals surface area contributed by atoms with Crippen molar-refractivity contribution in [1.29, 1.82) is 0 Å². The summed E-state index contributed by atoms with van der Waals surface area (Å²) in [5, 5.41) is 0. The molecule has 1 fully saturated rings. The molecule has 1 heterocycles. The zero-order chi connectivity index (χ0) is 11.4. The van der Waals surface area contributed by atoms with Crippen LogP contribution >= 0.6 is 15.9 Å². The van der Waals surface area contributed by atoms with Crippen molar-refractivity contribution >= 4 is 15.9 Å². The number of nitrogens with two attached hydrogens (primary N) is 1. The van der Waals surface area contributed by atoms with Gasteiger partial charge in [0, 0.05) is 22.4 Å². The second-order valence-corrected chi connectivity index (χ2v) is 5.49. The predicted octanol–water partition coefficient (Wildman–Crippen LogP) is 2.63. The summed E-state index contributed by atoms with van der Waals surface area (Å²) in [5.41, 5.74) is 7.20. The van der Waals surface area contributed by atoms with Crippen molar-refractivity contribution in [2.75, 3.05) is 6.61 Å². The van der Waals surface area contributed by atoms with Gasteiger partial charge in [0.05, 0.1) is 13.2 Å². The van der Waals surface area contributed by atoms with E-state index in [1.54, 1.807) is 6.20 Å². The van der Waals surface area contributed by atoms with Gasteiger partial charge in [-0.2, -0.15) is 0 Å². The van der Waals surface area contributed by atoms with Crippen molar-refractivity contribution in [2.45, 2.75) is 37.8 Å². The third-order valence-electron chi connectivity index (χ3n) is 3.02. The first-order valence-corrected chi connectivity index (χ1v) is 6.43. The lowest BCUT2D eigenvalue weighted by atomic mass is 10.0. The van der Waals surface area contributed by atoms with Crippen molar-refractivity contribution in [3.63, 3.8) is 0 Å². The molecule has 0 aromatic carbocycles. The third-order valence-corrected chi connectivity index (χ3v) is 3.45. The van der Waals surface area contributed by atoms with Gasteiger partial charge in [0.1, 0.15) is 0 Å². The highest BCUT2D eigenvalue weighted by molar-refractivity contribution is 9.10. The minimum atomic E-state index is -0.0839. The number of rotatable bonds is 4. The van der Waals surface area contributed by atoms with E-state index in [0.717, 1.165) is 22.9 Å². The van der Waals surface area contributed by atoms with Gasteiger partial charge in [0.15, 0.2) is 0 Å². The summed E-state index contributed by atoms with van der Waals surface area (Å²) in [6.45, 7) is 1.24. The van der Waals surface area contributed by atoms with Crippen LogP contribution < -0.4 is 5.73 Å². The molecule has 1 aliphatic rings. The van der Waals surface area contributed by atoms with E-state index < -0.39 is 0 Å². The van der Waals surface area contributed by atoms with Crippen LogP contribution in [0.3, 0.4) is 0 Å². The van der Waals surface area contributed by atoms with Crippen LogP contribution in [0.1, 0.15) is 31.2 Å². The number of aromatic nitrogens is 1. The molecule has 2 N–H and O–H groups in total. The lowest BCUT2D eigenvalue weighted by Gasteiger charge is -2.23. The standard InChI is InChI=1S/C12H17BrN2O/c13-11-5-10(6-15-7-11)8-16-9-12(14)3-1-2-4-12/h5-7H,1-4,8-9,14H2. The fourth-order valence-electron chi connectivity index (χ4n) is 2.13. The van der Waals surface area contributed by atoms with E-state index in [-0.39, 0.29) is 5.54 Å². The Kier molecular flexibility index (Phi) is 3.95. The topological polar surface area (TPSA) is 48.1 Å². The van der Waals surface area contributed by atoms with Gasteiger partial charge >= 0.3 is 0 Å². The quantitative estimate of drug-likeness (QED) is 0.925. The predicted molar refractivity (Wildman–Crippen MR) is 67.0 cm³/mol. The van der Waals surface area contributed by atoms with E-state index in [2.05, 4.69) is 20.9 Å². The fraction of sp³-hybridized carbons (Fsp3) is 0.583. The fourth-order valence-corrected chi connectivity index (χ4v) is 2.54. The van der Waals surface area contributed by atoms with Gasteiger partial charge in [-0.25, -0.2) is 0 Å². The Hall–Kier alpha value is -0.450. The molecular formula is C12H17BrN2O. The van der Waals surface area contributed by atoms with Gasteiger partial charge in [-0.1, -0.05) is 12.8 Å². The van der Waals surface area contributed by atoms with Crippen molar-refractivity contribution in [2.24, 2.45) is 5.73 Å². The van der Waals surface area contributed by atoms with Crippen molar-refractivity contribution < 1.29 is 4.74 Å². The van der Waals surface area contributed by atoms with E-state index >= 15 is 0 Å². The van der Waals surface area contributed by atoms with Crippen LogP contribution in [0.25, 0.3) is 0 Å². The number of halogens is 1. The Morgan fingerprint density at radius 2 is 2.12 bits per heavy atom. The molecular weight excluding hydrogens is 268 g/mol. The van der Waals surface area contributed by atoms with E-state index in [9.17, 15) is 0 Å². The number of nitrogens with zero attached hydrogens (tertiary/aromatic N) is 1. The first-order valence-electron chi connectivity index (χ1n) is 5.64. The minimum absolute atomic E-state index is 0.0839. The monoisotopic (exact) mass is 284 g/mol. The highest BCUT2D eigenvalue weighted by Crippen LogP contribution is 2.27. The summed E-state index contributed by atoms with van der Waals surface area (Å²) in [4.78, 5) is 4.09. The molecule has 2 rings (SSSR count). The van der Waals surface area contributed by atoms with Gasteiger partial charge in [0.25, 0.3) is 0 Å². The molecule has 1 aliphatic carbocycles. The molecule has 1 saturated carbocycles. The lowest BCUT2D eigenvalue weighted by Crippen LogP contribution is -2.41. The van der Waals surface area contributed by atoms with Gasteiger partial charge in [-0.15, -0.1) is 0 Å². The van der Waals surface area contributed by atoms with E-state index in [1.165, 1.54) is 12.8 Å². The molecule has 0 bridgehead atoms. The first kappa shape index (κ1) is 12.0. The normalized spacial score (nSPS) is 18.9. The van der Waals surface area contributed by atoms with Gasteiger partial charge in [-0.05, 0) is 40.4 Å². The second-order valence-electron chi connectivity index (χ2n) is 4.57. The van der Waals surface area contributed by atoms with Crippen LogP contribution in [0.15, 0.2) is 22.9 Å². The molecule has 0 saturated heterocycles. The second kappa shape index (κ2) is 5.25. The van der Waals surface area contributed by atoms with Crippen LogP contribution in [0.2, 0.25) is 0 Å². The molecule has 3 nitrogen and oxygen atoms in total. The Balaban J connectivity index is 1.79. The molecule has 16 heavy (non-hydrogen) atoms. The minimum Gasteiger partial charge on any atom is -0.375 e. The Bertz CT molecular complexity index is 351. The van der Waals surface area contributed by atoms with Crippen LogP contribution in [0, 0.1) is 0 Å². The first-order chi connectivity index (χ1) is 7.68. The Labute approximate surface area is 105 Å². The molecule has 1 aromatic rings.